The van der Waals surface area contributed by atoms with E-state index in [1.165, 1.54) is 11.8 Å². The Labute approximate surface area is 143 Å². The number of nitrogens with zero attached hydrogens (tertiary/aromatic N) is 1. The Bertz CT molecular complexity index is 792. The highest BCUT2D eigenvalue weighted by Gasteiger charge is 2.16. The summed E-state index contributed by atoms with van der Waals surface area (Å²) in [4.78, 5) is 24.7. The zero-order chi connectivity index (χ0) is 17.5. The zero-order valence-corrected chi connectivity index (χ0v) is 14.1. The zero-order valence-electron chi connectivity index (χ0n) is 13.3. The molecule has 0 saturated carbocycles. The van der Waals surface area contributed by atoms with E-state index >= 15 is 0 Å². The molecule has 0 radical (unpaired) electrons. The molecule has 0 aliphatic carbocycles. The second-order valence-electron chi connectivity index (χ2n) is 4.89. The highest BCUT2D eigenvalue weighted by molar-refractivity contribution is 7.99. The first-order valence-electron chi connectivity index (χ1n) is 7.14. The third-order valence-electron chi connectivity index (χ3n) is 3.05. The highest BCUT2D eigenvalue weighted by atomic mass is 32.2. The second-order valence-corrected chi connectivity index (χ2v) is 5.91. The number of para-hydroxylation sites is 1. The molecular formula is C17H16N2O4S. The third kappa shape index (κ3) is 4.64. The first-order chi connectivity index (χ1) is 11.5. The number of rotatable bonds is 6. The van der Waals surface area contributed by atoms with Gasteiger partial charge in [0.25, 0.3) is 5.91 Å². The highest BCUT2D eigenvalue weighted by Crippen LogP contribution is 2.26. The average Bonchev–Trinajstić information content (AvgIpc) is 2.90. The van der Waals surface area contributed by atoms with Gasteiger partial charge < -0.3 is 14.5 Å². The SMILES string of the molecule is Cc1cc(C(=O)OCC(=O)Nc2ccccc2SCC#N)c(C)o1. The fourth-order valence-electron chi connectivity index (χ4n) is 2.03. The minimum Gasteiger partial charge on any atom is -0.466 e. The number of amides is 1. The predicted octanol–water partition coefficient (Wildman–Crippen LogP) is 3.31. The maximum Gasteiger partial charge on any atom is 0.342 e. The number of aryl methyl sites for hydroxylation is 2. The summed E-state index contributed by atoms with van der Waals surface area (Å²) in [5.41, 5.74) is 0.888. The van der Waals surface area contributed by atoms with Crippen molar-refractivity contribution >= 4 is 29.3 Å². The van der Waals surface area contributed by atoms with Gasteiger partial charge in [-0.15, -0.1) is 11.8 Å². The first-order valence-corrected chi connectivity index (χ1v) is 8.12. The Balaban J connectivity index is 1.93. The van der Waals surface area contributed by atoms with Crippen molar-refractivity contribution in [2.75, 3.05) is 17.7 Å². The summed E-state index contributed by atoms with van der Waals surface area (Å²) in [5.74, 6) is 0.280. The predicted molar refractivity (Wildman–Crippen MR) is 89.9 cm³/mol. The van der Waals surface area contributed by atoms with Crippen LogP contribution in [0.5, 0.6) is 0 Å². The molecule has 24 heavy (non-hydrogen) atoms. The van der Waals surface area contributed by atoms with Crippen molar-refractivity contribution in [2.45, 2.75) is 18.7 Å². The van der Waals surface area contributed by atoms with Crippen molar-refractivity contribution < 1.29 is 18.7 Å². The number of hydrogen-bond acceptors (Lipinski definition) is 6. The molecule has 2 aromatic rings. The molecule has 2 rings (SSSR count). The summed E-state index contributed by atoms with van der Waals surface area (Å²) in [7, 11) is 0. The minimum atomic E-state index is -0.605. The molecule has 0 aliphatic rings. The standard InChI is InChI=1S/C17H16N2O4S/c1-11-9-13(12(2)23-11)17(21)22-10-16(20)19-14-5-3-4-6-15(14)24-8-7-18/h3-6,9H,8,10H2,1-2H3,(H,19,20). The number of nitriles is 1. The number of anilines is 1. The number of hydrogen-bond donors (Lipinski definition) is 1. The molecule has 1 heterocycles. The first kappa shape index (κ1) is 17.6. The fraction of sp³-hybridized carbons (Fsp3) is 0.235. The molecule has 124 valence electrons. The van der Waals surface area contributed by atoms with E-state index < -0.39 is 18.5 Å². The number of ether oxygens (including phenoxy) is 1. The Hall–Kier alpha value is -2.72. The van der Waals surface area contributed by atoms with Crippen molar-refractivity contribution in [3.05, 3.63) is 47.4 Å². The number of thioether (sulfide) groups is 1. The van der Waals surface area contributed by atoms with Crippen molar-refractivity contribution in [2.24, 2.45) is 0 Å². The molecule has 6 nitrogen and oxygen atoms in total. The van der Waals surface area contributed by atoms with E-state index in [4.69, 9.17) is 14.4 Å². The Morgan fingerprint density at radius 3 is 2.75 bits per heavy atom. The number of carbonyl (C=O) groups is 2. The van der Waals surface area contributed by atoms with Crippen LogP contribution in [0.15, 0.2) is 39.6 Å². The lowest BCUT2D eigenvalue weighted by molar-refractivity contribution is -0.119. The van der Waals surface area contributed by atoms with Gasteiger partial charge in [-0.2, -0.15) is 5.26 Å². The summed E-state index contributed by atoms with van der Waals surface area (Å²) in [6.07, 6.45) is 0. The van der Waals surface area contributed by atoms with Gasteiger partial charge >= 0.3 is 5.97 Å². The molecule has 1 amide bonds. The topological polar surface area (TPSA) is 92.3 Å². The average molecular weight is 344 g/mol. The van der Waals surface area contributed by atoms with Crippen LogP contribution in [0.1, 0.15) is 21.9 Å². The van der Waals surface area contributed by atoms with Gasteiger partial charge in [-0.3, -0.25) is 4.79 Å². The van der Waals surface area contributed by atoms with E-state index in [9.17, 15) is 9.59 Å². The molecule has 1 N–H and O–H groups in total. The fourth-order valence-corrected chi connectivity index (χ4v) is 2.70. The van der Waals surface area contributed by atoms with Crippen LogP contribution in [-0.4, -0.2) is 24.2 Å². The summed E-state index contributed by atoms with van der Waals surface area (Å²) >= 11 is 1.32. The van der Waals surface area contributed by atoms with Crippen LogP contribution in [0.3, 0.4) is 0 Å². The second kappa shape index (κ2) is 8.22. The van der Waals surface area contributed by atoms with Crippen molar-refractivity contribution in [3.8, 4) is 6.07 Å². The Kier molecular flexibility index (Phi) is 6.04. The largest absolute Gasteiger partial charge is 0.466 e. The molecule has 0 aliphatic heterocycles. The van der Waals surface area contributed by atoms with Crippen LogP contribution < -0.4 is 5.32 Å². The number of carbonyl (C=O) groups excluding carboxylic acids is 2. The summed E-state index contributed by atoms with van der Waals surface area (Å²) in [6.45, 7) is 2.98. The van der Waals surface area contributed by atoms with E-state index in [1.54, 1.807) is 38.1 Å². The Morgan fingerprint density at radius 2 is 2.08 bits per heavy atom. The van der Waals surface area contributed by atoms with E-state index in [2.05, 4.69) is 5.32 Å². The summed E-state index contributed by atoms with van der Waals surface area (Å²) in [6, 6.07) is 10.7. The molecule has 0 saturated heterocycles. The van der Waals surface area contributed by atoms with Gasteiger partial charge in [-0.1, -0.05) is 12.1 Å². The van der Waals surface area contributed by atoms with Crippen molar-refractivity contribution in [1.29, 1.82) is 5.26 Å². The Morgan fingerprint density at radius 1 is 1.33 bits per heavy atom. The quantitative estimate of drug-likeness (QED) is 0.638. The van der Waals surface area contributed by atoms with Gasteiger partial charge in [-0.25, -0.2) is 4.79 Å². The maximum atomic E-state index is 12.0. The number of benzene rings is 1. The van der Waals surface area contributed by atoms with E-state index in [-0.39, 0.29) is 5.75 Å². The summed E-state index contributed by atoms with van der Waals surface area (Å²) in [5, 5.41) is 11.3. The van der Waals surface area contributed by atoms with E-state index in [1.807, 2.05) is 12.1 Å². The monoisotopic (exact) mass is 344 g/mol. The molecule has 7 heteroatoms. The number of furan rings is 1. The van der Waals surface area contributed by atoms with Crippen LogP contribution in [0.4, 0.5) is 5.69 Å². The lowest BCUT2D eigenvalue weighted by Crippen LogP contribution is -2.21. The molecule has 0 bridgehead atoms. The lowest BCUT2D eigenvalue weighted by atomic mass is 10.2. The molecule has 1 aromatic carbocycles. The van der Waals surface area contributed by atoms with Crippen LogP contribution >= 0.6 is 11.8 Å². The van der Waals surface area contributed by atoms with Crippen LogP contribution in [0.2, 0.25) is 0 Å². The summed E-state index contributed by atoms with van der Waals surface area (Å²) < 4.78 is 10.3. The lowest BCUT2D eigenvalue weighted by Gasteiger charge is -2.09. The van der Waals surface area contributed by atoms with E-state index in [0.717, 1.165) is 4.90 Å². The molecule has 0 unspecified atom stereocenters. The van der Waals surface area contributed by atoms with Gasteiger partial charge in [0.1, 0.15) is 17.1 Å². The van der Waals surface area contributed by atoms with Gasteiger partial charge in [0.15, 0.2) is 6.61 Å². The molecule has 0 spiro atoms. The van der Waals surface area contributed by atoms with Crippen LogP contribution in [0, 0.1) is 25.2 Å². The van der Waals surface area contributed by atoms with Gasteiger partial charge in [0.2, 0.25) is 0 Å². The van der Waals surface area contributed by atoms with Crippen molar-refractivity contribution in [1.82, 2.24) is 0 Å². The van der Waals surface area contributed by atoms with E-state index in [0.29, 0.717) is 22.8 Å². The van der Waals surface area contributed by atoms with Gasteiger partial charge in [-0.05, 0) is 32.0 Å². The number of nitrogens with one attached hydrogen (secondary N) is 1. The third-order valence-corrected chi connectivity index (χ3v) is 3.99. The molecule has 0 atom stereocenters. The van der Waals surface area contributed by atoms with Crippen LogP contribution in [0.25, 0.3) is 0 Å². The smallest absolute Gasteiger partial charge is 0.342 e. The number of esters is 1. The molecule has 1 aromatic heterocycles. The normalized spacial score (nSPS) is 10.0. The molecule has 0 fully saturated rings. The van der Waals surface area contributed by atoms with Gasteiger partial charge in [0.05, 0.1) is 17.5 Å². The van der Waals surface area contributed by atoms with Crippen LogP contribution in [-0.2, 0) is 9.53 Å². The van der Waals surface area contributed by atoms with Gasteiger partial charge in [0, 0.05) is 4.90 Å². The van der Waals surface area contributed by atoms with Crippen molar-refractivity contribution in [3.63, 3.8) is 0 Å². The molecular weight excluding hydrogens is 328 g/mol. The minimum absolute atomic E-state index is 0.279. The maximum absolute atomic E-state index is 12.0.